The molecule has 0 radical (unpaired) electrons. The zero-order valence-electron chi connectivity index (χ0n) is 16.2. The molecule has 0 aliphatic rings. The zero-order chi connectivity index (χ0) is 21.7. The summed E-state index contributed by atoms with van der Waals surface area (Å²) >= 11 is 0. The highest BCUT2D eigenvalue weighted by molar-refractivity contribution is 7.90. The third-order valence-corrected chi connectivity index (χ3v) is 5.19. The molecule has 2 N–H and O–H groups in total. The molecular formula is C16H18N8O5S. The number of nitrogens with one attached hydrogen (secondary N) is 2. The van der Waals surface area contributed by atoms with Crippen LogP contribution in [0.1, 0.15) is 6.92 Å². The van der Waals surface area contributed by atoms with Gasteiger partial charge in [0.05, 0.1) is 25.2 Å². The van der Waals surface area contributed by atoms with Crippen LogP contribution in [0.15, 0.2) is 35.2 Å². The Morgan fingerprint density at radius 3 is 2.43 bits per heavy atom. The molecule has 0 aliphatic carbocycles. The van der Waals surface area contributed by atoms with E-state index in [2.05, 4.69) is 30.8 Å². The summed E-state index contributed by atoms with van der Waals surface area (Å²) in [6, 6.07) is 6.36. The van der Waals surface area contributed by atoms with E-state index in [0.29, 0.717) is 6.54 Å². The van der Waals surface area contributed by atoms with Gasteiger partial charge in [-0.3, -0.25) is 5.32 Å². The van der Waals surface area contributed by atoms with Gasteiger partial charge in [0.2, 0.25) is 17.7 Å². The molecule has 158 valence electrons. The van der Waals surface area contributed by atoms with E-state index in [1.54, 1.807) is 12.1 Å². The minimum atomic E-state index is -4.28. The first-order valence-corrected chi connectivity index (χ1v) is 10.0. The number of tetrazole rings is 1. The number of benzene rings is 1. The Balaban J connectivity index is 1.87. The first-order chi connectivity index (χ1) is 14.4. The third kappa shape index (κ3) is 4.43. The summed E-state index contributed by atoms with van der Waals surface area (Å²) in [5.74, 6) is 0.287. The number of methoxy groups -OCH3 is 2. The van der Waals surface area contributed by atoms with Crippen LogP contribution in [0.25, 0.3) is 11.4 Å². The number of sulfonamides is 1. The first kappa shape index (κ1) is 20.9. The molecule has 0 saturated carbocycles. The van der Waals surface area contributed by atoms with Gasteiger partial charge in [0, 0.05) is 12.1 Å². The van der Waals surface area contributed by atoms with Gasteiger partial charge in [-0.1, -0.05) is 12.1 Å². The van der Waals surface area contributed by atoms with Gasteiger partial charge in [0.1, 0.15) is 0 Å². The summed E-state index contributed by atoms with van der Waals surface area (Å²) in [6.07, 6.45) is 0. The van der Waals surface area contributed by atoms with Crippen LogP contribution >= 0.6 is 0 Å². The van der Waals surface area contributed by atoms with Crippen LogP contribution in [-0.2, 0) is 16.6 Å². The van der Waals surface area contributed by atoms with Crippen molar-refractivity contribution in [3.63, 3.8) is 0 Å². The van der Waals surface area contributed by atoms with Crippen LogP contribution in [0.3, 0.4) is 0 Å². The predicted octanol–water partition coefficient (Wildman–Crippen LogP) is 0.678. The van der Waals surface area contributed by atoms with Crippen LogP contribution in [0.2, 0.25) is 0 Å². The van der Waals surface area contributed by atoms with Gasteiger partial charge in [0.15, 0.2) is 5.82 Å². The molecule has 14 heteroatoms. The molecule has 0 unspecified atom stereocenters. The topological polar surface area (TPSA) is 163 Å². The van der Waals surface area contributed by atoms with E-state index in [-0.39, 0.29) is 34.0 Å². The van der Waals surface area contributed by atoms with Crippen molar-refractivity contribution in [3.05, 3.63) is 30.3 Å². The molecule has 0 aliphatic heterocycles. The Bertz CT molecular complexity index is 1140. The number of carbonyl (C=O) groups excluding carboxylic acids is 1. The Morgan fingerprint density at radius 1 is 1.13 bits per heavy atom. The largest absolute Gasteiger partial charge is 0.481 e. The van der Waals surface area contributed by atoms with Crippen LogP contribution in [0, 0.1) is 0 Å². The van der Waals surface area contributed by atoms with Gasteiger partial charge in [0.25, 0.3) is 10.0 Å². The van der Waals surface area contributed by atoms with Gasteiger partial charge in [-0.15, -0.1) is 5.10 Å². The number of hydrogen-bond donors (Lipinski definition) is 2. The van der Waals surface area contributed by atoms with Crippen molar-refractivity contribution in [2.24, 2.45) is 0 Å². The van der Waals surface area contributed by atoms with Gasteiger partial charge in [-0.2, -0.15) is 9.97 Å². The van der Waals surface area contributed by atoms with Crippen molar-refractivity contribution >= 4 is 22.0 Å². The smallest absolute Gasteiger partial charge is 0.335 e. The maximum atomic E-state index is 12.9. The summed E-state index contributed by atoms with van der Waals surface area (Å²) < 4.78 is 39.0. The molecule has 2 heterocycles. The fraction of sp³-hybridized carbons (Fsp3) is 0.250. The Kier molecular flexibility index (Phi) is 6.06. The quantitative estimate of drug-likeness (QED) is 0.540. The number of nitrogens with zero attached hydrogens (tertiary/aromatic N) is 6. The molecule has 0 bridgehead atoms. The van der Waals surface area contributed by atoms with E-state index in [1.165, 1.54) is 37.1 Å². The average Bonchev–Trinajstić information content (AvgIpc) is 3.21. The van der Waals surface area contributed by atoms with Gasteiger partial charge in [-0.25, -0.2) is 22.6 Å². The molecule has 1 aromatic carbocycles. The standard InChI is InChI=1S/C16H18N8O5S/c1-4-24-14(20-22-23-24)10-7-5-6-8-11(10)30(26,27)21-16(25)19-15-17-12(28-2)9-13(18-15)29-3/h5-9H,4H2,1-3H3,(H2,17,18,19,21,25). The van der Waals surface area contributed by atoms with Gasteiger partial charge in [-0.05, 0) is 29.5 Å². The summed E-state index contributed by atoms with van der Waals surface area (Å²) in [5, 5.41) is 13.5. The molecule has 0 atom stereocenters. The third-order valence-electron chi connectivity index (χ3n) is 3.80. The number of aryl methyl sites for hydroxylation is 1. The fourth-order valence-corrected chi connectivity index (χ4v) is 3.58. The Morgan fingerprint density at radius 2 is 1.80 bits per heavy atom. The highest BCUT2D eigenvalue weighted by Crippen LogP contribution is 2.25. The van der Waals surface area contributed by atoms with Crippen LogP contribution in [0.5, 0.6) is 11.8 Å². The normalized spacial score (nSPS) is 11.0. The van der Waals surface area contributed by atoms with Gasteiger partial charge >= 0.3 is 6.03 Å². The summed E-state index contributed by atoms with van der Waals surface area (Å²) in [6.45, 7) is 2.24. The van der Waals surface area contributed by atoms with E-state index in [0.717, 1.165) is 0 Å². The zero-order valence-corrected chi connectivity index (χ0v) is 17.0. The summed E-state index contributed by atoms with van der Waals surface area (Å²) in [5.41, 5.74) is 0.240. The number of anilines is 1. The van der Waals surface area contributed by atoms with Crippen LogP contribution in [0.4, 0.5) is 10.7 Å². The summed E-state index contributed by atoms with van der Waals surface area (Å²) in [4.78, 5) is 20.0. The number of hydrogen-bond acceptors (Lipinski definition) is 10. The lowest BCUT2D eigenvalue weighted by molar-refractivity contribution is 0.256. The molecule has 2 amide bonds. The van der Waals surface area contributed by atoms with E-state index in [1.807, 2.05) is 11.6 Å². The maximum absolute atomic E-state index is 12.9. The number of rotatable bonds is 7. The SMILES string of the molecule is CCn1nnnc1-c1ccccc1S(=O)(=O)NC(=O)Nc1nc(OC)cc(OC)n1. The molecule has 2 aromatic heterocycles. The molecule has 13 nitrogen and oxygen atoms in total. The molecule has 0 fully saturated rings. The molecule has 0 spiro atoms. The van der Waals surface area contributed by atoms with Crippen molar-refractivity contribution in [2.75, 3.05) is 19.5 Å². The van der Waals surface area contributed by atoms with Crippen LogP contribution < -0.4 is 19.5 Å². The van der Waals surface area contributed by atoms with Crippen molar-refractivity contribution in [2.45, 2.75) is 18.4 Å². The Labute approximate surface area is 171 Å². The lowest BCUT2D eigenvalue weighted by Gasteiger charge is -2.12. The Hall–Kier alpha value is -3.81. The lowest BCUT2D eigenvalue weighted by Crippen LogP contribution is -2.35. The van der Waals surface area contributed by atoms with Crippen molar-refractivity contribution in [3.8, 4) is 23.1 Å². The van der Waals surface area contributed by atoms with Crippen molar-refractivity contribution in [1.82, 2.24) is 34.9 Å². The van der Waals surface area contributed by atoms with E-state index >= 15 is 0 Å². The second-order valence-corrected chi connectivity index (χ2v) is 7.30. The molecule has 0 saturated heterocycles. The fourth-order valence-electron chi connectivity index (χ4n) is 2.47. The highest BCUT2D eigenvalue weighted by atomic mass is 32.2. The number of urea groups is 1. The minimum Gasteiger partial charge on any atom is -0.481 e. The number of carbonyl (C=O) groups is 1. The second kappa shape index (κ2) is 8.69. The molecule has 3 aromatic rings. The van der Waals surface area contributed by atoms with E-state index in [9.17, 15) is 13.2 Å². The monoisotopic (exact) mass is 434 g/mol. The summed E-state index contributed by atoms with van der Waals surface area (Å²) in [7, 11) is -1.54. The van der Waals surface area contributed by atoms with Crippen LogP contribution in [-0.4, -0.2) is 58.8 Å². The van der Waals surface area contributed by atoms with E-state index in [4.69, 9.17) is 9.47 Å². The van der Waals surface area contributed by atoms with Crippen molar-refractivity contribution < 1.29 is 22.7 Å². The minimum absolute atomic E-state index is 0.122. The molecule has 30 heavy (non-hydrogen) atoms. The lowest BCUT2D eigenvalue weighted by atomic mass is 10.2. The maximum Gasteiger partial charge on any atom is 0.335 e. The average molecular weight is 434 g/mol. The number of aromatic nitrogens is 6. The first-order valence-electron chi connectivity index (χ1n) is 8.54. The van der Waals surface area contributed by atoms with Crippen molar-refractivity contribution in [1.29, 1.82) is 0 Å². The number of ether oxygens (including phenoxy) is 2. The van der Waals surface area contributed by atoms with E-state index < -0.39 is 16.1 Å². The predicted molar refractivity (Wildman–Crippen MR) is 103 cm³/mol. The molecule has 3 rings (SSSR count). The highest BCUT2D eigenvalue weighted by Gasteiger charge is 2.24. The molecular weight excluding hydrogens is 416 g/mol. The second-order valence-electron chi connectivity index (χ2n) is 5.65. The van der Waals surface area contributed by atoms with Gasteiger partial charge < -0.3 is 9.47 Å². The number of amides is 2.